The van der Waals surface area contributed by atoms with E-state index >= 15 is 0 Å². The summed E-state index contributed by atoms with van der Waals surface area (Å²) in [7, 11) is 0. The average Bonchev–Trinajstić information content (AvgIpc) is 2.21. The summed E-state index contributed by atoms with van der Waals surface area (Å²) >= 11 is 0. The molecule has 1 aromatic rings. The predicted molar refractivity (Wildman–Crippen MR) is 54.1 cm³/mol. The van der Waals surface area contributed by atoms with E-state index in [-0.39, 0.29) is 6.61 Å². The molecule has 0 fully saturated rings. The van der Waals surface area contributed by atoms with Crippen molar-refractivity contribution in [3.8, 4) is 17.9 Å². The van der Waals surface area contributed by atoms with Gasteiger partial charge in [-0.2, -0.15) is 5.26 Å². The third-order valence-corrected chi connectivity index (χ3v) is 1.75. The highest BCUT2D eigenvalue weighted by Crippen LogP contribution is 2.13. The van der Waals surface area contributed by atoms with Crippen molar-refractivity contribution in [2.75, 3.05) is 12.3 Å². The lowest BCUT2D eigenvalue weighted by atomic mass is 10.1. The maximum atomic E-state index is 8.66. The van der Waals surface area contributed by atoms with Crippen molar-refractivity contribution in [1.29, 1.82) is 5.26 Å². The highest BCUT2D eigenvalue weighted by Gasteiger charge is 1.98. The third-order valence-electron chi connectivity index (χ3n) is 1.75. The molecule has 0 aliphatic rings. The number of benzene rings is 1. The Hall–Kier alpha value is -1.97. The van der Waals surface area contributed by atoms with E-state index in [1.165, 1.54) is 0 Å². The van der Waals surface area contributed by atoms with Crippen LogP contribution in [-0.2, 0) is 6.42 Å². The van der Waals surface area contributed by atoms with E-state index in [0.717, 1.165) is 5.56 Å². The average molecular weight is 186 g/mol. The zero-order valence-corrected chi connectivity index (χ0v) is 7.62. The quantitative estimate of drug-likeness (QED) is 0.500. The molecule has 0 aliphatic carbocycles. The van der Waals surface area contributed by atoms with E-state index in [1.807, 2.05) is 6.07 Å². The fourth-order valence-corrected chi connectivity index (χ4v) is 1.04. The molecule has 1 rings (SSSR count). The monoisotopic (exact) mass is 186 g/mol. The molecular formula is C11H10N2O. The molecule has 3 heteroatoms. The van der Waals surface area contributed by atoms with Crippen LogP contribution in [0.4, 0.5) is 5.69 Å². The van der Waals surface area contributed by atoms with Crippen molar-refractivity contribution < 1.29 is 5.11 Å². The van der Waals surface area contributed by atoms with Gasteiger partial charge in [0.2, 0.25) is 0 Å². The molecule has 14 heavy (non-hydrogen) atoms. The number of nitriles is 1. The van der Waals surface area contributed by atoms with Crippen molar-refractivity contribution in [3.63, 3.8) is 0 Å². The fraction of sp³-hybridized carbons (Fsp3) is 0.182. The molecule has 0 atom stereocenters. The molecule has 3 N–H and O–H groups in total. The van der Waals surface area contributed by atoms with Crippen LogP contribution in [0.1, 0.15) is 11.1 Å². The van der Waals surface area contributed by atoms with Gasteiger partial charge in [-0.15, -0.1) is 0 Å². The van der Waals surface area contributed by atoms with E-state index in [0.29, 0.717) is 17.7 Å². The van der Waals surface area contributed by atoms with Crippen LogP contribution in [0.2, 0.25) is 0 Å². The number of nitrogen functional groups attached to an aromatic ring is 1. The van der Waals surface area contributed by atoms with Gasteiger partial charge in [-0.3, -0.25) is 0 Å². The van der Waals surface area contributed by atoms with E-state index in [1.54, 1.807) is 18.2 Å². The van der Waals surface area contributed by atoms with Crippen LogP contribution in [-0.4, -0.2) is 11.7 Å². The Kier molecular flexibility index (Phi) is 3.55. The van der Waals surface area contributed by atoms with Gasteiger partial charge in [-0.25, -0.2) is 0 Å². The van der Waals surface area contributed by atoms with Crippen molar-refractivity contribution in [3.05, 3.63) is 29.3 Å². The smallest absolute Gasteiger partial charge is 0.104 e. The standard InChI is InChI=1S/C11H10N2O/c12-8-9-4-5-11(13)10(7-9)3-1-2-6-14/h4-5,7,14H,3,6,13H2. The third kappa shape index (κ3) is 2.52. The first-order chi connectivity index (χ1) is 6.77. The molecule has 0 bridgehead atoms. The second-order valence-corrected chi connectivity index (χ2v) is 2.71. The SMILES string of the molecule is N#Cc1ccc(N)c(CC#CCO)c1. The molecule has 0 saturated carbocycles. The van der Waals surface area contributed by atoms with Crippen molar-refractivity contribution >= 4 is 5.69 Å². The summed E-state index contributed by atoms with van der Waals surface area (Å²) < 4.78 is 0. The van der Waals surface area contributed by atoms with Gasteiger partial charge in [-0.05, 0) is 23.8 Å². The lowest BCUT2D eigenvalue weighted by Gasteiger charge is -2.00. The van der Waals surface area contributed by atoms with Crippen LogP contribution >= 0.6 is 0 Å². The normalized spacial score (nSPS) is 8.57. The van der Waals surface area contributed by atoms with Gasteiger partial charge in [-0.1, -0.05) is 11.8 Å². The molecule has 0 amide bonds. The zero-order chi connectivity index (χ0) is 10.4. The number of hydrogen-bond acceptors (Lipinski definition) is 3. The minimum Gasteiger partial charge on any atom is -0.398 e. The number of anilines is 1. The van der Waals surface area contributed by atoms with Crippen LogP contribution in [0.25, 0.3) is 0 Å². The second kappa shape index (κ2) is 4.91. The number of aliphatic hydroxyl groups is 1. The summed E-state index contributed by atoms with van der Waals surface area (Å²) in [6.07, 6.45) is 0.460. The van der Waals surface area contributed by atoms with Crippen molar-refractivity contribution in [2.45, 2.75) is 6.42 Å². The van der Waals surface area contributed by atoms with Crippen LogP contribution in [0, 0.1) is 23.2 Å². The summed E-state index contributed by atoms with van der Waals surface area (Å²) in [5.74, 6) is 5.28. The van der Waals surface area contributed by atoms with Gasteiger partial charge in [0.25, 0.3) is 0 Å². The largest absolute Gasteiger partial charge is 0.398 e. The molecular weight excluding hydrogens is 176 g/mol. The molecule has 0 radical (unpaired) electrons. The summed E-state index contributed by atoms with van der Waals surface area (Å²) in [5, 5.41) is 17.1. The van der Waals surface area contributed by atoms with Crippen LogP contribution in [0.5, 0.6) is 0 Å². The molecule has 0 heterocycles. The number of nitrogens with two attached hydrogens (primary N) is 1. The van der Waals surface area contributed by atoms with E-state index in [9.17, 15) is 0 Å². The highest BCUT2D eigenvalue weighted by atomic mass is 16.2. The van der Waals surface area contributed by atoms with E-state index in [4.69, 9.17) is 16.1 Å². The molecule has 70 valence electrons. The molecule has 0 aromatic heterocycles. The van der Waals surface area contributed by atoms with Crippen LogP contribution in [0.3, 0.4) is 0 Å². The number of aliphatic hydroxyl groups excluding tert-OH is 1. The first-order valence-electron chi connectivity index (χ1n) is 4.13. The Bertz CT molecular complexity index is 421. The van der Waals surface area contributed by atoms with Gasteiger partial charge in [0.1, 0.15) is 6.61 Å². The minimum atomic E-state index is -0.155. The van der Waals surface area contributed by atoms with Gasteiger partial charge >= 0.3 is 0 Å². The summed E-state index contributed by atoms with van der Waals surface area (Å²) in [5.41, 5.74) is 7.70. The first kappa shape index (κ1) is 10.1. The van der Waals surface area contributed by atoms with Crippen LogP contribution < -0.4 is 5.73 Å². The minimum absolute atomic E-state index is 0.155. The van der Waals surface area contributed by atoms with Gasteiger partial charge in [0.15, 0.2) is 0 Å². The maximum absolute atomic E-state index is 8.66. The van der Waals surface area contributed by atoms with E-state index < -0.39 is 0 Å². The molecule has 0 spiro atoms. The maximum Gasteiger partial charge on any atom is 0.104 e. The Morgan fingerprint density at radius 3 is 2.79 bits per heavy atom. The Morgan fingerprint density at radius 2 is 2.14 bits per heavy atom. The second-order valence-electron chi connectivity index (χ2n) is 2.71. The topological polar surface area (TPSA) is 70.0 Å². The van der Waals surface area contributed by atoms with E-state index in [2.05, 4.69) is 11.8 Å². The lowest BCUT2D eigenvalue weighted by molar-refractivity contribution is 0.350. The van der Waals surface area contributed by atoms with Crippen molar-refractivity contribution in [2.24, 2.45) is 0 Å². The molecule has 3 nitrogen and oxygen atoms in total. The zero-order valence-electron chi connectivity index (χ0n) is 7.62. The fourth-order valence-electron chi connectivity index (χ4n) is 1.04. The van der Waals surface area contributed by atoms with Crippen LogP contribution in [0.15, 0.2) is 18.2 Å². The first-order valence-corrected chi connectivity index (χ1v) is 4.13. The Morgan fingerprint density at radius 1 is 1.36 bits per heavy atom. The van der Waals surface area contributed by atoms with Gasteiger partial charge < -0.3 is 10.8 Å². The van der Waals surface area contributed by atoms with Crippen molar-refractivity contribution in [1.82, 2.24) is 0 Å². The number of nitrogens with zero attached hydrogens (tertiary/aromatic N) is 1. The van der Waals surface area contributed by atoms with Gasteiger partial charge in [0.05, 0.1) is 11.6 Å². The molecule has 0 unspecified atom stereocenters. The summed E-state index contributed by atoms with van der Waals surface area (Å²) in [6, 6.07) is 7.10. The Balaban J connectivity index is 2.90. The lowest BCUT2D eigenvalue weighted by Crippen LogP contribution is -1.94. The molecule has 0 aliphatic heterocycles. The summed E-state index contributed by atoms with van der Waals surface area (Å²) in [4.78, 5) is 0. The number of rotatable bonds is 1. The number of hydrogen-bond donors (Lipinski definition) is 2. The highest BCUT2D eigenvalue weighted by molar-refractivity contribution is 5.52. The van der Waals surface area contributed by atoms with Gasteiger partial charge in [0, 0.05) is 12.1 Å². The Labute approximate surface area is 82.8 Å². The summed E-state index contributed by atoms with van der Waals surface area (Å²) in [6.45, 7) is -0.155. The molecule has 0 saturated heterocycles. The molecule has 1 aromatic carbocycles. The predicted octanol–water partition coefficient (Wildman–Crippen LogP) is 0.679.